The SMILES string of the molecule is C[C@@H]1OC(CO)C(O)C1O. The average Bonchev–Trinajstić information content (AvgIpc) is 2.17. The largest absolute Gasteiger partial charge is 0.394 e. The molecule has 0 radical (unpaired) electrons. The van der Waals surface area contributed by atoms with Crippen molar-refractivity contribution in [2.45, 2.75) is 31.3 Å². The fourth-order valence-corrected chi connectivity index (χ4v) is 1.09. The minimum Gasteiger partial charge on any atom is -0.394 e. The lowest BCUT2D eigenvalue weighted by Gasteiger charge is -2.10. The standard InChI is InChI=1S/C6H12O4/c1-3-5(8)6(9)4(2-7)10-3/h3-9H,2H2,1H3/t3-,4?,5?,6?/m0/s1. The third-order valence-electron chi connectivity index (χ3n) is 1.78. The van der Waals surface area contributed by atoms with Gasteiger partial charge in [-0.1, -0.05) is 0 Å². The van der Waals surface area contributed by atoms with E-state index >= 15 is 0 Å². The molecule has 1 aliphatic heterocycles. The van der Waals surface area contributed by atoms with Crippen LogP contribution in [0.1, 0.15) is 6.92 Å². The van der Waals surface area contributed by atoms with Crippen LogP contribution in [0.25, 0.3) is 0 Å². The first-order chi connectivity index (χ1) is 4.66. The second-order valence-corrected chi connectivity index (χ2v) is 2.54. The highest BCUT2D eigenvalue weighted by Crippen LogP contribution is 2.19. The van der Waals surface area contributed by atoms with Gasteiger partial charge in [-0.3, -0.25) is 0 Å². The van der Waals surface area contributed by atoms with Crippen LogP contribution in [0.2, 0.25) is 0 Å². The topological polar surface area (TPSA) is 69.9 Å². The van der Waals surface area contributed by atoms with Gasteiger partial charge < -0.3 is 20.1 Å². The molecule has 0 bridgehead atoms. The van der Waals surface area contributed by atoms with Gasteiger partial charge in [0.05, 0.1) is 12.7 Å². The van der Waals surface area contributed by atoms with Crippen molar-refractivity contribution in [2.75, 3.05) is 6.61 Å². The maximum absolute atomic E-state index is 9.09. The molecule has 1 saturated heterocycles. The maximum Gasteiger partial charge on any atom is 0.111 e. The number of hydrogen-bond donors (Lipinski definition) is 3. The van der Waals surface area contributed by atoms with Crippen molar-refractivity contribution in [1.29, 1.82) is 0 Å². The highest BCUT2D eigenvalue weighted by atomic mass is 16.5. The van der Waals surface area contributed by atoms with Crippen LogP contribution in [-0.4, -0.2) is 46.3 Å². The van der Waals surface area contributed by atoms with Crippen molar-refractivity contribution >= 4 is 0 Å². The van der Waals surface area contributed by atoms with E-state index in [9.17, 15) is 0 Å². The number of rotatable bonds is 1. The Morgan fingerprint density at radius 3 is 2.10 bits per heavy atom. The molecule has 60 valence electrons. The molecule has 4 atom stereocenters. The van der Waals surface area contributed by atoms with E-state index < -0.39 is 18.3 Å². The number of aliphatic hydroxyl groups excluding tert-OH is 3. The predicted molar refractivity (Wildman–Crippen MR) is 33.4 cm³/mol. The van der Waals surface area contributed by atoms with Crippen LogP contribution >= 0.6 is 0 Å². The van der Waals surface area contributed by atoms with Gasteiger partial charge in [-0.05, 0) is 6.92 Å². The molecule has 10 heavy (non-hydrogen) atoms. The summed E-state index contributed by atoms with van der Waals surface area (Å²) in [5.74, 6) is 0. The predicted octanol–water partition coefficient (Wildman–Crippen LogP) is -1.51. The zero-order chi connectivity index (χ0) is 7.72. The van der Waals surface area contributed by atoms with Gasteiger partial charge in [0.1, 0.15) is 18.3 Å². The molecule has 4 nitrogen and oxygen atoms in total. The van der Waals surface area contributed by atoms with Crippen LogP contribution < -0.4 is 0 Å². The zero-order valence-corrected chi connectivity index (χ0v) is 5.77. The molecular formula is C6H12O4. The quantitative estimate of drug-likeness (QED) is 0.422. The van der Waals surface area contributed by atoms with E-state index in [-0.39, 0.29) is 12.7 Å². The van der Waals surface area contributed by atoms with Gasteiger partial charge in [0.2, 0.25) is 0 Å². The Hall–Kier alpha value is -0.160. The highest BCUT2D eigenvalue weighted by Gasteiger charge is 2.39. The van der Waals surface area contributed by atoms with E-state index in [4.69, 9.17) is 20.1 Å². The van der Waals surface area contributed by atoms with E-state index in [2.05, 4.69) is 0 Å². The van der Waals surface area contributed by atoms with Crippen molar-refractivity contribution in [3.63, 3.8) is 0 Å². The molecule has 1 fully saturated rings. The Morgan fingerprint density at radius 1 is 1.30 bits per heavy atom. The summed E-state index contributed by atoms with van der Waals surface area (Å²) in [5.41, 5.74) is 0. The second kappa shape index (κ2) is 2.84. The molecule has 1 rings (SSSR count). The van der Waals surface area contributed by atoms with Crippen molar-refractivity contribution in [1.82, 2.24) is 0 Å². The molecule has 0 aromatic rings. The Balaban J connectivity index is 2.53. The highest BCUT2D eigenvalue weighted by molar-refractivity contribution is 4.87. The molecule has 0 aromatic carbocycles. The van der Waals surface area contributed by atoms with Crippen molar-refractivity contribution < 1.29 is 20.1 Å². The van der Waals surface area contributed by atoms with E-state index in [0.29, 0.717) is 0 Å². The number of aliphatic hydroxyl groups is 3. The van der Waals surface area contributed by atoms with Gasteiger partial charge in [0.15, 0.2) is 0 Å². The third-order valence-corrected chi connectivity index (χ3v) is 1.78. The van der Waals surface area contributed by atoms with Gasteiger partial charge >= 0.3 is 0 Å². The van der Waals surface area contributed by atoms with Gasteiger partial charge in [-0.2, -0.15) is 0 Å². The molecule has 1 heterocycles. The van der Waals surface area contributed by atoms with Crippen LogP contribution in [-0.2, 0) is 4.74 Å². The summed E-state index contributed by atoms with van der Waals surface area (Å²) >= 11 is 0. The molecular weight excluding hydrogens is 136 g/mol. The summed E-state index contributed by atoms with van der Waals surface area (Å²) in [6, 6.07) is 0. The molecule has 4 heteroatoms. The average molecular weight is 148 g/mol. The van der Waals surface area contributed by atoms with Crippen molar-refractivity contribution in [3.05, 3.63) is 0 Å². The van der Waals surface area contributed by atoms with Gasteiger partial charge in [-0.25, -0.2) is 0 Å². The summed E-state index contributed by atoms with van der Waals surface area (Å²) in [5, 5.41) is 26.8. The van der Waals surface area contributed by atoms with Crippen LogP contribution in [0.3, 0.4) is 0 Å². The smallest absolute Gasteiger partial charge is 0.111 e. The molecule has 3 N–H and O–H groups in total. The monoisotopic (exact) mass is 148 g/mol. The first-order valence-electron chi connectivity index (χ1n) is 3.29. The van der Waals surface area contributed by atoms with E-state index in [0.717, 1.165) is 0 Å². The van der Waals surface area contributed by atoms with E-state index in [1.54, 1.807) is 6.92 Å². The molecule has 0 saturated carbocycles. The fraction of sp³-hybridized carbons (Fsp3) is 1.00. The molecule has 0 amide bonds. The van der Waals surface area contributed by atoms with Crippen molar-refractivity contribution in [3.8, 4) is 0 Å². The summed E-state index contributed by atoms with van der Waals surface area (Å²) in [4.78, 5) is 0. The first-order valence-corrected chi connectivity index (χ1v) is 3.29. The Kier molecular flexibility index (Phi) is 2.25. The van der Waals surface area contributed by atoms with Crippen molar-refractivity contribution in [2.24, 2.45) is 0 Å². The van der Waals surface area contributed by atoms with Gasteiger partial charge in [0, 0.05) is 0 Å². The normalized spacial score (nSPS) is 48.0. The van der Waals surface area contributed by atoms with Crippen LogP contribution in [0.4, 0.5) is 0 Å². The first kappa shape index (κ1) is 7.94. The summed E-state index contributed by atoms with van der Waals surface area (Å²) in [7, 11) is 0. The van der Waals surface area contributed by atoms with Crippen LogP contribution in [0, 0.1) is 0 Å². The molecule has 3 unspecified atom stereocenters. The zero-order valence-electron chi connectivity index (χ0n) is 5.77. The maximum atomic E-state index is 9.09. The summed E-state index contributed by atoms with van der Waals surface area (Å²) in [6.45, 7) is 1.41. The van der Waals surface area contributed by atoms with Gasteiger partial charge in [-0.15, -0.1) is 0 Å². The Morgan fingerprint density at radius 2 is 1.90 bits per heavy atom. The lowest BCUT2D eigenvalue weighted by atomic mass is 10.1. The van der Waals surface area contributed by atoms with Gasteiger partial charge in [0.25, 0.3) is 0 Å². The molecule has 0 aliphatic carbocycles. The minimum absolute atomic E-state index is 0.247. The Labute approximate surface area is 59.1 Å². The summed E-state index contributed by atoms with van der Waals surface area (Å²) < 4.78 is 4.98. The lowest BCUT2D eigenvalue weighted by Crippen LogP contribution is -2.33. The molecule has 0 aromatic heterocycles. The number of ether oxygens (including phenoxy) is 1. The summed E-state index contributed by atoms with van der Waals surface area (Å²) in [6.07, 6.45) is -2.81. The van der Waals surface area contributed by atoms with Crippen LogP contribution in [0.15, 0.2) is 0 Å². The second-order valence-electron chi connectivity index (χ2n) is 2.54. The Bertz CT molecular complexity index is 116. The van der Waals surface area contributed by atoms with Crippen LogP contribution in [0.5, 0.6) is 0 Å². The van der Waals surface area contributed by atoms with E-state index in [1.165, 1.54) is 0 Å². The molecule has 0 spiro atoms. The third kappa shape index (κ3) is 1.15. The minimum atomic E-state index is -0.944. The fourth-order valence-electron chi connectivity index (χ4n) is 1.09. The molecule has 1 aliphatic rings. The lowest BCUT2D eigenvalue weighted by molar-refractivity contribution is -0.0171. The number of hydrogen-bond acceptors (Lipinski definition) is 4. The van der Waals surface area contributed by atoms with E-state index in [1.807, 2.05) is 0 Å².